The Kier molecular flexibility index (Phi) is 4.13. The molecule has 1 aromatic rings. The van der Waals surface area contributed by atoms with Crippen LogP contribution in [0.5, 0.6) is 0 Å². The SMILES string of the molecule is N#CC1CCN(CC(O)c2ccccc2)CC1. The molecule has 0 radical (unpaired) electrons. The lowest BCUT2D eigenvalue weighted by Gasteiger charge is -2.30. The summed E-state index contributed by atoms with van der Waals surface area (Å²) in [5, 5.41) is 18.9. The van der Waals surface area contributed by atoms with Crippen LogP contribution in [0.1, 0.15) is 24.5 Å². The third-order valence-corrected chi connectivity index (χ3v) is 3.39. The maximum Gasteiger partial charge on any atom is 0.0916 e. The smallest absolute Gasteiger partial charge is 0.0916 e. The average molecular weight is 230 g/mol. The fourth-order valence-electron chi connectivity index (χ4n) is 2.27. The van der Waals surface area contributed by atoms with E-state index in [4.69, 9.17) is 5.26 Å². The van der Waals surface area contributed by atoms with E-state index in [1.54, 1.807) is 0 Å². The van der Waals surface area contributed by atoms with E-state index in [2.05, 4.69) is 11.0 Å². The van der Waals surface area contributed by atoms with Gasteiger partial charge in [0, 0.05) is 12.5 Å². The minimum absolute atomic E-state index is 0.208. The van der Waals surface area contributed by atoms with Crippen molar-refractivity contribution in [1.82, 2.24) is 4.90 Å². The fraction of sp³-hybridized carbons (Fsp3) is 0.500. The van der Waals surface area contributed by atoms with Crippen molar-refractivity contribution >= 4 is 0 Å². The zero-order valence-corrected chi connectivity index (χ0v) is 9.92. The third-order valence-electron chi connectivity index (χ3n) is 3.39. The molecular weight excluding hydrogens is 212 g/mol. The molecule has 1 fully saturated rings. The fourth-order valence-corrected chi connectivity index (χ4v) is 2.27. The van der Waals surface area contributed by atoms with Crippen LogP contribution in [0.4, 0.5) is 0 Å². The summed E-state index contributed by atoms with van der Waals surface area (Å²) in [6.45, 7) is 2.51. The van der Waals surface area contributed by atoms with Gasteiger partial charge >= 0.3 is 0 Å². The van der Waals surface area contributed by atoms with E-state index in [1.807, 2.05) is 30.3 Å². The third kappa shape index (κ3) is 3.29. The van der Waals surface area contributed by atoms with Gasteiger partial charge in [-0.15, -0.1) is 0 Å². The summed E-state index contributed by atoms with van der Waals surface area (Å²) in [5.74, 6) is 0.208. The van der Waals surface area contributed by atoms with Crippen molar-refractivity contribution in [2.24, 2.45) is 5.92 Å². The van der Waals surface area contributed by atoms with Crippen molar-refractivity contribution < 1.29 is 5.11 Å². The number of piperidine rings is 1. The Morgan fingerprint density at radius 2 is 1.94 bits per heavy atom. The van der Waals surface area contributed by atoms with Crippen molar-refractivity contribution in [3.8, 4) is 6.07 Å². The summed E-state index contributed by atoms with van der Waals surface area (Å²) in [4.78, 5) is 2.24. The predicted octanol–water partition coefficient (Wildman–Crippen LogP) is 1.96. The number of hydrogen-bond acceptors (Lipinski definition) is 3. The molecule has 17 heavy (non-hydrogen) atoms. The van der Waals surface area contributed by atoms with Gasteiger partial charge in [0.1, 0.15) is 0 Å². The molecule has 1 N–H and O–H groups in total. The van der Waals surface area contributed by atoms with Crippen molar-refractivity contribution in [2.75, 3.05) is 19.6 Å². The molecule has 1 atom stereocenters. The van der Waals surface area contributed by atoms with Gasteiger partial charge in [-0.3, -0.25) is 0 Å². The Hall–Kier alpha value is -1.37. The van der Waals surface area contributed by atoms with Crippen LogP contribution in [0.25, 0.3) is 0 Å². The molecule has 1 heterocycles. The normalized spacial score (nSPS) is 19.8. The molecule has 3 heteroatoms. The lowest BCUT2D eigenvalue weighted by Crippen LogP contribution is -2.36. The van der Waals surface area contributed by atoms with E-state index in [0.717, 1.165) is 31.5 Å². The maximum atomic E-state index is 10.1. The predicted molar refractivity (Wildman–Crippen MR) is 66.2 cm³/mol. The van der Waals surface area contributed by atoms with Crippen LogP contribution in [0, 0.1) is 17.2 Å². The lowest BCUT2D eigenvalue weighted by molar-refractivity contribution is 0.0953. The number of hydrogen-bond donors (Lipinski definition) is 1. The monoisotopic (exact) mass is 230 g/mol. The van der Waals surface area contributed by atoms with Crippen molar-refractivity contribution in [3.63, 3.8) is 0 Å². The van der Waals surface area contributed by atoms with Crippen molar-refractivity contribution in [2.45, 2.75) is 18.9 Å². The molecule has 1 aliphatic rings. The second-order valence-electron chi connectivity index (χ2n) is 4.63. The first-order valence-corrected chi connectivity index (χ1v) is 6.14. The quantitative estimate of drug-likeness (QED) is 0.863. The maximum absolute atomic E-state index is 10.1. The summed E-state index contributed by atoms with van der Waals surface area (Å²) in [5.41, 5.74) is 0.968. The number of nitriles is 1. The molecule has 1 aliphatic heterocycles. The largest absolute Gasteiger partial charge is 0.387 e. The van der Waals surface area contributed by atoms with Gasteiger partial charge in [-0.05, 0) is 31.5 Å². The Balaban J connectivity index is 1.84. The van der Waals surface area contributed by atoms with Crippen LogP contribution in [0.15, 0.2) is 30.3 Å². The molecule has 1 saturated heterocycles. The van der Waals surface area contributed by atoms with Gasteiger partial charge in [0.2, 0.25) is 0 Å². The summed E-state index contributed by atoms with van der Waals surface area (Å²) in [6.07, 6.45) is 1.44. The first-order chi connectivity index (χ1) is 8.29. The summed E-state index contributed by atoms with van der Waals surface area (Å²) in [7, 11) is 0. The molecule has 1 unspecified atom stereocenters. The summed E-state index contributed by atoms with van der Waals surface area (Å²) >= 11 is 0. The standard InChI is InChI=1S/C14H18N2O/c15-10-12-6-8-16(9-7-12)11-14(17)13-4-2-1-3-5-13/h1-5,12,14,17H,6-9,11H2. The van der Waals surface area contributed by atoms with Crippen LogP contribution in [-0.2, 0) is 0 Å². The molecule has 0 spiro atoms. The molecule has 0 bridgehead atoms. The van der Waals surface area contributed by atoms with Crippen LogP contribution in [0.2, 0.25) is 0 Å². The number of β-amino-alcohol motifs (C(OH)–C–C–N with tert-alkyl or cyclic N) is 1. The minimum Gasteiger partial charge on any atom is -0.387 e. The van der Waals surface area contributed by atoms with Gasteiger partial charge < -0.3 is 10.0 Å². The first kappa shape index (κ1) is 12.1. The van der Waals surface area contributed by atoms with Gasteiger partial charge in [-0.25, -0.2) is 0 Å². The zero-order valence-electron chi connectivity index (χ0n) is 9.92. The van der Waals surface area contributed by atoms with Crippen LogP contribution in [-0.4, -0.2) is 29.6 Å². The topological polar surface area (TPSA) is 47.3 Å². The van der Waals surface area contributed by atoms with Crippen LogP contribution in [0.3, 0.4) is 0 Å². The molecule has 0 amide bonds. The number of nitrogens with zero attached hydrogens (tertiary/aromatic N) is 2. The summed E-state index contributed by atoms with van der Waals surface area (Å²) < 4.78 is 0. The second kappa shape index (κ2) is 5.81. The van der Waals surface area contributed by atoms with Gasteiger partial charge in [-0.1, -0.05) is 30.3 Å². The highest BCUT2D eigenvalue weighted by Gasteiger charge is 2.20. The Labute approximate surface area is 102 Å². The molecule has 2 rings (SSSR count). The van der Waals surface area contributed by atoms with Crippen molar-refractivity contribution in [3.05, 3.63) is 35.9 Å². The number of rotatable bonds is 3. The number of likely N-dealkylation sites (tertiary alicyclic amines) is 1. The number of benzene rings is 1. The number of aliphatic hydroxyl groups excluding tert-OH is 1. The number of aliphatic hydroxyl groups is 1. The van der Waals surface area contributed by atoms with Gasteiger partial charge in [0.05, 0.1) is 12.2 Å². The highest BCUT2D eigenvalue weighted by Crippen LogP contribution is 2.19. The first-order valence-electron chi connectivity index (χ1n) is 6.14. The van der Waals surface area contributed by atoms with Crippen LogP contribution < -0.4 is 0 Å². The molecule has 1 aromatic carbocycles. The van der Waals surface area contributed by atoms with Gasteiger partial charge in [0.15, 0.2) is 0 Å². The van der Waals surface area contributed by atoms with Gasteiger partial charge in [0.25, 0.3) is 0 Å². The van der Waals surface area contributed by atoms with E-state index < -0.39 is 6.10 Å². The van der Waals surface area contributed by atoms with E-state index in [-0.39, 0.29) is 5.92 Å². The Morgan fingerprint density at radius 3 is 2.53 bits per heavy atom. The average Bonchev–Trinajstić information content (AvgIpc) is 2.40. The summed E-state index contributed by atoms with van der Waals surface area (Å²) in [6, 6.07) is 12.1. The Bertz CT molecular complexity index is 377. The van der Waals surface area contributed by atoms with Crippen molar-refractivity contribution in [1.29, 1.82) is 5.26 Å². The van der Waals surface area contributed by atoms with E-state index in [9.17, 15) is 5.11 Å². The molecule has 0 aromatic heterocycles. The molecule has 0 aliphatic carbocycles. The van der Waals surface area contributed by atoms with E-state index >= 15 is 0 Å². The minimum atomic E-state index is -0.421. The molecular formula is C14H18N2O. The Morgan fingerprint density at radius 1 is 1.29 bits per heavy atom. The molecule has 90 valence electrons. The highest BCUT2D eigenvalue weighted by molar-refractivity contribution is 5.17. The molecule has 3 nitrogen and oxygen atoms in total. The van der Waals surface area contributed by atoms with Gasteiger partial charge in [-0.2, -0.15) is 5.26 Å². The molecule has 0 saturated carbocycles. The van der Waals surface area contributed by atoms with E-state index in [0.29, 0.717) is 6.54 Å². The lowest BCUT2D eigenvalue weighted by atomic mass is 9.98. The highest BCUT2D eigenvalue weighted by atomic mass is 16.3. The van der Waals surface area contributed by atoms with Crippen LogP contribution >= 0.6 is 0 Å². The zero-order chi connectivity index (χ0) is 12.1. The second-order valence-corrected chi connectivity index (χ2v) is 4.63. The van der Waals surface area contributed by atoms with E-state index in [1.165, 1.54) is 0 Å².